The zero-order valence-electron chi connectivity index (χ0n) is 11.4. The molecule has 1 aromatic carbocycles. The Morgan fingerprint density at radius 2 is 2.05 bits per heavy atom. The minimum atomic E-state index is -0.295. The van der Waals surface area contributed by atoms with Crippen molar-refractivity contribution in [1.82, 2.24) is 9.88 Å². The number of aliphatic hydroxyl groups excluding tert-OH is 1. The van der Waals surface area contributed by atoms with Gasteiger partial charge in [0.1, 0.15) is 5.15 Å². The number of hydrogen-bond acceptors (Lipinski definition) is 3. The fraction of sp³-hybridized carbons (Fsp3) is 0.333. The molecule has 110 valence electrons. The molecule has 1 saturated heterocycles. The van der Waals surface area contributed by atoms with Crippen LogP contribution in [0.25, 0.3) is 10.8 Å². The van der Waals surface area contributed by atoms with Crippen LogP contribution in [0.15, 0.2) is 30.5 Å². The quantitative estimate of drug-likeness (QED) is 0.796. The second-order valence-electron chi connectivity index (χ2n) is 5.15. The van der Waals surface area contributed by atoms with Gasteiger partial charge in [0.2, 0.25) is 0 Å². The van der Waals surface area contributed by atoms with Crippen molar-refractivity contribution in [2.75, 3.05) is 18.4 Å². The molecule has 2 aromatic rings. The van der Waals surface area contributed by atoms with Crippen molar-refractivity contribution < 1.29 is 9.90 Å². The Balaban J connectivity index is 1.82. The number of anilines is 1. The van der Waals surface area contributed by atoms with Crippen LogP contribution < -0.4 is 5.32 Å². The molecule has 0 aliphatic carbocycles. The van der Waals surface area contributed by atoms with E-state index < -0.39 is 0 Å². The first-order valence-electron chi connectivity index (χ1n) is 6.92. The van der Waals surface area contributed by atoms with E-state index in [-0.39, 0.29) is 12.1 Å². The fourth-order valence-corrected chi connectivity index (χ4v) is 2.76. The molecule has 2 heterocycles. The van der Waals surface area contributed by atoms with E-state index in [9.17, 15) is 9.90 Å². The predicted molar refractivity (Wildman–Crippen MR) is 82.6 cm³/mol. The summed E-state index contributed by atoms with van der Waals surface area (Å²) in [6.45, 7) is 1.14. The van der Waals surface area contributed by atoms with Gasteiger partial charge in [-0.05, 0) is 25.0 Å². The number of benzene rings is 1. The number of amides is 2. The van der Waals surface area contributed by atoms with E-state index in [0.717, 1.165) is 10.8 Å². The number of rotatable bonds is 1. The van der Waals surface area contributed by atoms with E-state index in [2.05, 4.69) is 10.3 Å². The molecule has 2 amide bonds. The lowest BCUT2D eigenvalue weighted by molar-refractivity contribution is 0.0972. The lowest BCUT2D eigenvalue weighted by Gasteiger charge is -2.29. The highest BCUT2D eigenvalue weighted by Crippen LogP contribution is 2.27. The molecule has 1 aliphatic heterocycles. The normalized spacial score (nSPS) is 16.2. The molecule has 1 fully saturated rings. The highest BCUT2D eigenvalue weighted by molar-refractivity contribution is 6.34. The molecule has 2 N–H and O–H groups in total. The standard InChI is InChI=1S/C15H16ClN3O2/c16-14-12-2-1-3-13(11(12)4-7-17-14)18-15(21)19-8-5-10(20)6-9-19/h1-4,7,10,20H,5-6,8-9H2,(H,18,21). The number of aliphatic hydroxyl groups is 1. The number of halogens is 1. The van der Waals surface area contributed by atoms with E-state index in [1.165, 1.54) is 0 Å². The van der Waals surface area contributed by atoms with Gasteiger partial charge in [0.25, 0.3) is 0 Å². The fourth-order valence-electron chi connectivity index (χ4n) is 2.54. The Hall–Kier alpha value is -1.85. The molecule has 1 aliphatic rings. The van der Waals surface area contributed by atoms with Crippen LogP contribution in [0.4, 0.5) is 10.5 Å². The first-order valence-corrected chi connectivity index (χ1v) is 7.30. The Bertz CT molecular complexity index is 669. The number of aromatic nitrogens is 1. The highest BCUT2D eigenvalue weighted by Gasteiger charge is 2.21. The monoisotopic (exact) mass is 305 g/mol. The Kier molecular flexibility index (Phi) is 3.94. The summed E-state index contributed by atoms with van der Waals surface area (Å²) < 4.78 is 0. The maximum atomic E-state index is 12.3. The van der Waals surface area contributed by atoms with Crippen molar-refractivity contribution in [3.63, 3.8) is 0 Å². The zero-order valence-corrected chi connectivity index (χ0v) is 12.2. The lowest BCUT2D eigenvalue weighted by Crippen LogP contribution is -2.42. The molecule has 6 heteroatoms. The average Bonchev–Trinajstić information content (AvgIpc) is 2.49. The van der Waals surface area contributed by atoms with Crippen molar-refractivity contribution in [3.05, 3.63) is 35.6 Å². The summed E-state index contributed by atoms with van der Waals surface area (Å²) in [5.41, 5.74) is 0.716. The average molecular weight is 306 g/mol. The molecule has 21 heavy (non-hydrogen) atoms. The maximum absolute atomic E-state index is 12.3. The first kappa shape index (κ1) is 14.1. The van der Waals surface area contributed by atoms with E-state index in [4.69, 9.17) is 11.6 Å². The van der Waals surface area contributed by atoms with Crippen molar-refractivity contribution in [1.29, 1.82) is 0 Å². The van der Waals surface area contributed by atoms with Crippen LogP contribution in [-0.2, 0) is 0 Å². The van der Waals surface area contributed by atoms with E-state index in [1.54, 1.807) is 11.1 Å². The van der Waals surface area contributed by atoms with Gasteiger partial charge in [-0.15, -0.1) is 0 Å². The van der Waals surface area contributed by atoms with Crippen molar-refractivity contribution in [3.8, 4) is 0 Å². The van der Waals surface area contributed by atoms with Gasteiger partial charge in [-0.1, -0.05) is 23.7 Å². The summed E-state index contributed by atoms with van der Waals surface area (Å²) in [4.78, 5) is 18.0. The zero-order chi connectivity index (χ0) is 14.8. The number of fused-ring (bicyclic) bond motifs is 1. The molecule has 0 unspecified atom stereocenters. The van der Waals surface area contributed by atoms with E-state index in [1.807, 2.05) is 24.3 Å². The largest absolute Gasteiger partial charge is 0.393 e. The van der Waals surface area contributed by atoms with Gasteiger partial charge in [0.15, 0.2) is 0 Å². The summed E-state index contributed by atoms with van der Waals surface area (Å²) in [6, 6.07) is 7.23. The number of likely N-dealkylation sites (tertiary alicyclic amines) is 1. The summed E-state index contributed by atoms with van der Waals surface area (Å²) in [7, 11) is 0. The third kappa shape index (κ3) is 2.94. The second kappa shape index (κ2) is 5.87. The van der Waals surface area contributed by atoms with Crippen molar-refractivity contribution >= 4 is 34.1 Å². The van der Waals surface area contributed by atoms with Gasteiger partial charge in [-0.25, -0.2) is 9.78 Å². The third-order valence-corrected chi connectivity index (χ3v) is 4.05. The number of carbonyl (C=O) groups is 1. The minimum Gasteiger partial charge on any atom is -0.393 e. The van der Waals surface area contributed by atoms with Gasteiger partial charge >= 0.3 is 6.03 Å². The van der Waals surface area contributed by atoms with Crippen LogP contribution in [0, 0.1) is 0 Å². The summed E-state index contributed by atoms with van der Waals surface area (Å²) >= 11 is 6.07. The highest BCUT2D eigenvalue weighted by atomic mass is 35.5. The molecule has 0 spiro atoms. The van der Waals surface area contributed by atoms with Gasteiger partial charge in [0, 0.05) is 30.1 Å². The van der Waals surface area contributed by atoms with Crippen molar-refractivity contribution in [2.45, 2.75) is 18.9 Å². The van der Waals surface area contributed by atoms with E-state index >= 15 is 0 Å². The summed E-state index contributed by atoms with van der Waals surface area (Å²) in [5.74, 6) is 0. The lowest BCUT2D eigenvalue weighted by atomic mass is 10.1. The van der Waals surface area contributed by atoms with Crippen LogP contribution in [0.3, 0.4) is 0 Å². The molecule has 0 bridgehead atoms. The third-order valence-electron chi connectivity index (χ3n) is 3.75. The second-order valence-corrected chi connectivity index (χ2v) is 5.51. The molecule has 0 saturated carbocycles. The SMILES string of the molecule is O=C(Nc1cccc2c(Cl)nccc12)N1CCC(O)CC1. The van der Waals surface area contributed by atoms with Crippen LogP contribution >= 0.6 is 11.6 Å². The predicted octanol–water partition coefficient (Wildman–Crippen LogP) is 2.88. The number of nitrogens with one attached hydrogen (secondary N) is 1. The molecule has 0 radical (unpaired) electrons. The van der Waals surface area contributed by atoms with Crippen molar-refractivity contribution in [2.24, 2.45) is 0 Å². The number of pyridine rings is 1. The molecular weight excluding hydrogens is 290 g/mol. The van der Waals surface area contributed by atoms with Gasteiger partial charge in [-0.2, -0.15) is 0 Å². The number of carbonyl (C=O) groups excluding carboxylic acids is 1. The molecule has 0 atom stereocenters. The maximum Gasteiger partial charge on any atom is 0.321 e. The molecule has 1 aromatic heterocycles. The van der Waals surface area contributed by atoms with Gasteiger partial charge < -0.3 is 15.3 Å². The number of nitrogens with zero attached hydrogens (tertiary/aromatic N) is 2. The number of hydrogen-bond donors (Lipinski definition) is 2. The smallest absolute Gasteiger partial charge is 0.321 e. The van der Waals surface area contributed by atoms with Gasteiger partial charge in [-0.3, -0.25) is 0 Å². The topological polar surface area (TPSA) is 65.5 Å². The Morgan fingerprint density at radius 1 is 1.29 bits per heavy atom. The van der Waals surface area contributed by atoms with Gasteiger partial charge in [0.05, 0.1) is 11.8 Å². The van der Waals surface area contributed by atoms with Crippen LogP contribution in [0.1, 0.15) is 12.8 Å². The van der Waals surface area contributed by atoms with E-state index in [0.29, 0.717) is 36.8 Å². The molecule has 5 nitrogen and oxygen atoms in total. The Morgan fingerprint density at radius 3 is 2.81 bits per heavy atom. The van der Waals surface area contributed by atoms with Crippen LogP contribution in [0.2, 0.25) is 5.15 Å². The Labute approximate surface area is 127 Å². The summed E-state index contributed by atoms with van der Waals surface area (Å²) in [5, 5.41) is 14.5. The molecule has 3 rings (SSSR count). The molecular formula is C15H16ClN3O2. The number of piperidine rings is 1. The van der Waals surface area contributed by atoms with Crippen LogP contribution in [0.5, 0.6) is 0 Å². The minimum absolute atomic E-state index is 0.151. The first-order chi connectivity index (χ1) is 10.1. The summed E-state index contributed by atoms with van der Waals surface area (Å²) in [6.07, 6.45) is 2.58. The van der Waals surface area contributed by atoms with Crippen LogP contribution in [-0.4, -0.2) is 40.2 Å². The number of urea groups is 1.